The number of ether oxygens (including phenoxy) is 1. The summed E-state index contributed by atoms with van der Waals surface area (Å²) < 4.78 is 11.3. The predicted molar refractivity (Wildman–Crippen MR) is 116 cm³/mol. The molecule has 3 aromatic rings. The van der Waals surface area contributed by atoms with Crippen LogP contribution in [0.2, 0.25) is 0 Å². The highest BCUT2D eigenvalue weighted by Crippen LogP contribution is 2.41. The Morgan fingerprint density at radius 3 is 2.45 bits per heavy atom. The molecule has 0 aliphatic carbocycles. The Labute approximate surface area is 175 Å². The van der Waals surface area contributed by atoms with Crippen LogP contribution in [-0.2, 0) is 4.74 Å². The van der Waals surface area contributed by atoms with Crippen molar-refractivity contribution in [2.75, 3.05) is 36.1 Å². The number of anilines is 2. The van der Waals surface area contributed by atoms with E-state index in [-0.39, 0.29) is 12.1 Å². The molecule has 0 bridgehead atoms. The van der Waals surface area contributed by atoms with Crippen LogP contribution in [0.5, 0.6) is 0 Å². The van der Waals surface area contributed by atoms with Gasteiger partial charge in [0.1, 0.15) is 11.8 Å². The summed E-state index contributed by atoms with van der Waals surface area (Å²) in [5, 5.41) is 4.11. The molecule has 2 aliphatic heterocycles. The fourth-order valence-electron chi connectivity index (χ4n) is 4.03. The van der Waals surface area contributed by atoms with Gasteiger partial charge in [0.2, 0.25) is 0 Å². The number of furan rings is 1. The summed E-state index contributed by atoms with van der Waals surface area (Å²) in [6, 6.07) is 18.2. The lowest BCUT2D eigenvalue weighted by Gasteiger charge is -2.30. The van der Waals surface area contributed by atoms with Gasteiger partial charge in [-0.05, 0) is 60.7 Å². The molecule has 2 saturated heterocycles. The zero-order valence-electron chi connectivity index (χ0n) is 15.9. The van der Waals surface area contributed by atoms with Crippen molar-refractivity contribution in [3.63, 3.8) is 0 Å². The molecule has 4 heterocycles. The molecule has 0 spiro atoms. The van der Waals surface area contributed by atoms with Gasteiger partial charge in [0.05, 0.1) is 31.2 Å². The van der Waals surface area contributed by atoms with Crippen molar-refractivity contribution in [2.45, 2.75) is 12.1 Å². The molecule has 2 fully saturated rings. The molecule has 0 radical (unpaired) electrons. The van der Waals surface area contributed by atoms with Crippen LogP contribution in [0.25, 0.3) is 0 Å². The minimum absolute atomic E-state index is 0.0891. The van der Waals surface area contributed by atoms with Crippen LogP contribution in [-0.4, -0.2) is 36.4 Å². The molecule has 0 saturated carbocycles. The third kappa shape index (κ3) is 3.47. The number of hydrogen-bond acceptors (Lipinski definition) is 5. The summed E-state index contributed by atoms with van der Waals surface area (Å²) in [6.45, 7) is 3.38. The molecule has 1 aromatic carbocycles. The Hall–Kier alpha value is -2.90. The van der Waals surface area contributed by atoms with E-state index < -0.39 is 0 Å². The van der Waals surface area contributed by atoms with Crippen LogP contribution < -0.4 is 15.1 Å². The molecule has 1 N–H and O–H groups in total. The standard InChI is InChI=1S/C22H22N4O2S/c29-22-24-20(18-4-1-2-10-23-18)21(19-5-3-13-28-19)26(22)17-8-6-16(7-9-17)25-11-14-27-15-12-25/h1-10,13,20-21H,11-12,14-15H2,(H,24,29)/t20-,21-/m0/s1. The van der Waals surface area contributed by atoms with Gasteiger partial charge in [0.15, 0.2) is 5.11 Å². The van der Waals surface area contributed by atoms with Crippen molar-refractivity contribution in [1.29, 1.82) is 0 Å². The van der Waals surface area contributed by atoms with Gasteiger partial charge in [0.25, 0.3) is 0 Å². The third-order valence-corrected chi connectivity index (χ3v) is 5.75. The normalized spacial score (nSPS) is 22.0. The van der Waals surface area contributed by atoms with Gasteiger partial charge >= 0.3 is 0 Å². The molecule has 0 amide bonds. The Morgan fingerprint density at radius 1 is 0.966 bits per heavy atom. The number of thiocarbonyl (C=S) groups is 1. The largest absolute Gasteiger partial charge is 0.467 e. The molecule has 29 heavy (non-hydrogen) atoms. The maximum Gasteiger partial charge on any atom is 0.174 e. The number of rotatable bonds is 4. The maximum absolute atomic E-state index is 5.80. The third-order valence-electron chi connectivity index (χ3n) is 5.44. The van der Waals surface area contributed by atoms with Crippen molar-refractivity contribution < 1.29 is 9.15 Å². The lowest BCUT2D eigenvalue weighted by molar-refractivity contribution is 0.122. The molecule has 6 nitrogen and oxygen atoms in total. The topological polar surface area (TPSA) is 53.8 Å². The number of benzene rings is 1. The molecule has 7 heteroatoms. The summed E-state index contributed by atoms with van der Waals surface area (Å²) in [5.74, 6) is 0.852. The average Bonchev–Trinajstić information content (AvgIpc) is 3.43. The van der Waals surface area contributed by atoms with Crippen molar-refractivity contribution in [3.05, 3.63) is 78.5 Å². The number of nitrogens with one attached hydrogen (secondary N) is 1. The van der Waals surface area contributed by atoms with E-state index in [1.165, 1.54) is 5.69 Å². The summed E-state index contributed by atoms with van der Waals surface area (Å²) in [4.78, 5) is 9.01. The molecular formula is C22H22N4O2S. The van der Waals surface area contributed by atoms with Crippen molar-refractivity contribution >= 4 is 28.7 Å². The van der Waals surface area contributed by atoms with Gasteiger partial charge in [-0.15, -0.1) is 0 Å². The highest BCUT2D eigenvalue weighted by molar-refractivity contribution is 7.80. The highest BCUT2D eigenvalue weighted by atomic mass is 32.1. The van der Waals surface area contributed by atoms with Crippen LogP contribution in [0.1, 0.15) is 23.5 Å². The van der Waals surface area contributed by atoms with E-state index in [9.17, 15) is 0 Å². The monoisotopic (exact) mass is 406 g/mol. The Bertz CT molecular complexity index is 956. The van der Waals surface area contributed by atoms with E-state index >= 15 is 0 Å². The summed E-state index contributed by atoms with van der Waals surface area (Å²) in [5.41, 5.74) is 3.16. The zero-order valence-corrected chi connectivity index (χ0v) is 16.7. The fraction of sp³-hybridized carbons (Fsp3) is 0.273. The quantitative estimate of drug-likeness (QED) is 0.663. The van der Waals surface area contributed by atoms with E-state index in [0.717, 1.165) is 43.4 Å². The lowest BCUT2D eigenvalue weighted by Crippen LogP contribution is -2.36. The van der Waals surface area contributed by atoms with Gasteiger partial charge in [-0.2, -0.15) is 0 Å². The first-order valence-corrected chi connectivity index (χ1v) is 10.2. The van der Waals surface area contributed by atoms with E-state index in [1.54, 1.807) is 12.5 Å². The SMILES string of the molecule is S=C1N[C@@H](c2ccccn2)[C@H](c2ccco2)N1c1ccc(N2CCOCC2)cc1. The predicted octanol–water partition coefficient (Wildman–Crippen LogP) is 3.69. The van der Waals surface area contributed by atoms with Crippen molar-refractivity contribution in [2.24, 2.45) is 0 Å². The number of nitrogens with zero attached hydrogens (tertiary/aromatic N) is 3. The molecule has 2 aliphatic rings. The highest BCUT2D eigenvalue weighted by Gasteiger charge is 2.42. The van der Waals surface area contributed by atoms with Crippen LogP contribution >= 0.6 is 12.2 Å². The Kier molecular flexibility index (Phi) is 4.91. The smallest absolute Gasteiger partial charge is 0.174 e. The van der Waals surface area contributed by atoms with Crippen LogP contribution in [0, 0.1) is 0 Å². The van der Waals surface area contributed by atoms with Crippen LogP contribution in [0.4, 0.5) is 11.4 Å². The Balaban J connectivity index is 1.48. The molecule has 5 rings (SSSR count). The van der Waals surface area contributed by atoms with Gasteiger partial charge in [0, 0.05) is 30.7 Å². The van der Waals surface area contributed by atoms with E-state index in [4.69, 9.17) is 21.4 Å². The minimum atomic E-state index is -0.110. The van der Waals surface area contributed by atoms with E-state index in [2.05, 4.69) is 44.4 Å². The first-order chi connectivity index (χ1) is 14.3. The Morgan fingerprint density at radius 2 is 1.76 bits per heavy atom. The number of aromatic nitrogens is 1. The molecule has 2 aromatic heterocycles. The van der Waals surface area contributed by atoms with E-state index in [0.29, 0.717) is 5.11 Å². The lowest BCUT2D eigenvalue weighted by atomic mass is 10.0. The number of pyridine rings is 1. The molecule has 2 atom stereocenters. The summed E-state index contributed by atoms with van der Waals surface area (Å²) in [6.07, 6.45) is 3.50. The minimum Gasteiger partial charge on any atom is -0.467 e. The zero-order chi connectivity index (χ0) is 19.6. The fourth-order valence-corrected chi connectivity index (χ4v) is 4.37. The second-order valence-corrected chi connectivity index (χ2v) is 7.51. The molecule has 148 valence electrons. The molecular weight excluding hydrogens is 384 g/mol. The maximum atomic E-state index is 5.80. The number of hydrogen-bond donors (Lipinski definition) is 1. The second kappa shape index (κ2) is 7.85. The average molecular weight is 407 g/mol. The van der Waals surface area contributed by atoms with Crippen molar-refractivity contribution in [3.8, 4) is 0 Å². The van der Waals surface area contributed by atoms with Gasteiger partial charge < -0.3 is 24.3 Å². The first kappa shape index (κ1) is 18.1. The first-order valence-electron chi connectivity index (χ1n) is 9.78. The summed E-state index contributed by atoms with van der Waals surface area (Å²) in [7, 11) is 0. The van der Waals surface area contributed by atoms with Gasteiger partial charge in [-0.1, -0.05) is 6.07 Å². The number of morpholine rings is 1. The van der Waals surface area contributed by atoms with Crippen LogP contribution in [0.15, 0.2) is 71.5 Å². The van der Waals surface area contributed by atoms with Gasteiger partial charge in [-0.25, -0.2) is 0 Å². The second-order valence-electron chi connectivity index (χ2n) is 7.13. The van der Waals surface area contributed by atoms with Crippen molar-refractivity contribution in [1.82, 2.24) is 10.3 Å². The van der Waals surface area contributed by atoms with Gasteiger partial charge in [-0.3, -0.25) is 4.98 Å². The van der Waals surface area contributed by atoms with E-state index in [1.807, 2.05) is 30.3 Å². The summed E-state index contributed by atoms with van der Waals surface area (Å²) >= 11 is 5.73. The van der Waals surface area contributed by atoms with Crippen LogP contribution in [0.3, 0.4) is 0 Å². The molecule has 0 unspecified atom stereocenters.